The van der Waals surface area contributed by atoms with E-state index >= 15 is 0 Å². The van der Waals surface area contributed by atoms with Crippen LogP contribution in [0.15, 0.2) is 218 Å². The minimum atomic E-state index is -0.195. The molecule has 12 rings (SSSR count). The molecular formula is C59H42N2. The average Bonchev–Trinajstić information content (AvgIpc) is 3.77. The summed E-state index contributed by atoms with van der Waals surface area (Å²) in [6, 6.07) is 80.5. The van der Waals surface area contributed by atoms with Crippen LogP contribution >= 0.6 is 0 Å². The van der Waals surface area contributed by atoms with Gasteiger partial charge in [0, 0.05) is 38.8 Å². The molecule has 0 aliphatic heterocycles. The lowest BCUT2D eigenvalue weighted by atomic mass is 9.82. The molecule has 2 nitrogen and oxygen atoms in total. The number of anilines is 3. The second-order valence-corrected chi connectivity index (χ2v) is 16.9. The van der Waals surface area contributed by atoms with Crippen LogP contribution in [0.3, 0.4) is 0 Å². The molecule has 1 aromatic heterocycles. The topological polar surface area (TPSA) is 8.17 Å². The van der Waals surface area contributed by atoms with E-state index in [1.165, 1.54) is 87.9 Å². The first-order valence-electron chi connectivity index (χ1n) is 21.3. The molecule has 11 aromatic rings. The zero-order chi connectivity index (χ0) is 40.7. The molecule has 0 saturated carbocycles. The van der Waals surface area contributed by atoms with Crippen LogP contribution in [0, 0.1) is 0 Å². The van der Waals surface area contributed by atoms with E-state index in [0.29, 0.717) is 0 Å². The molecule has 288 valence electrons. The fourth-order valence-corrected chi connectivity index (χ4v) is 10.3. The fraction of sp³-hybridized carbons (Fsp3) is 0.0508. The minimum Gasteiger partial charge on any atom is -0.310 e. The van der Waals surface area contributed by atoms with Gasteiger partial charge < -0.3 is 9.47 Å². The third-order valence-electron chi connectivity index (χ3n) is 13.2. The van der Waals surface area contributed by atoms with E-state index in [9.17, 15) is 0 Å². The van der Waals surface area contributed by atoms with Crippen molar-refractivity contribution in [3.8, 4) is 39.1 Å². The Morgan fingerprint density at radius 3 is 1.85 bits per heavy atom. The number of rotatable bonds is 6. The van der Waals surface area contributed by atoms with Gasteiger partial charge in [-0.3, -0.25) is 0 Å². The quantitative estimate of drug-likeness (QED) is 0.163. The molecule has 0 radical (unpaired) electrons. The molecule has 0 atom stereocenters. The minimum absolute atomic E-state index is 0.195. The second kappa shape index (κ2) is 13.7. The first-order valence-corrected chi connectivity index (χ1v) is 21.3. The standard InChI is InChI=1S/C59H42N2/c1-59(2)52-36-31-40-19-9-10-24-46(40)58(52)51-35-33-43(37-53(51)59)60(44-32-34-49-47-25-11-14-30-55(47)61(56(49)38-44)42-22-7-4-8-23-42)54-29-13-12-26-48(54)50-28-16-21-41-20-15-27-45(57(41)50)39-17-5-3-6-18-39/h3-38H,1-2H3. The van der Waals surface area contributed by atoms with Crippen LogP contribution in [0.5, 0.6) is 0 Å². The molecule has 0 unspecified atom stereocenters. The van der Waals surface area contributed by atoms with Crippen LogP contribution < -0.4 is 4.90 Å². The number of benzene rings is 10. The third kappa shape index (κ3) is 5.42. The lowest BCUT2D eigenvalue weighted by molar-refractivity contribution is 0.661. The first-order chi connectivity index (χ1) is 30.0. The van der Waals surface area contributed by atoms with Crippen molar-refractivity contribution in [3.05, 3.63) is 230 Å². The number of para-hydroxylation sites is 3. The molecule has 10 aromatic carbocycles. The number of fused-ring (bicyclic) bond motifs is 9. The van der Waals surface area contributed by atoms with Crippen molar-refractivity contribution >= 4 is 60.4 Å². The first kappa shape index (κ1) is 35.3. The molecule has 0 bridgehead atoms. The lowest BCUT2D eigenvalue weighted by Crippen LogP contribution is -2.17. The zero-order valence-corrected chi connectivity index (χ0v) is 34.2. The van der Waals surface area contributed by atoms with Gasteiger partial charge in [0.15, 0.2) is 0 Å². The van der Waals surface area contributed by atoms with Crippen molar-refractivity contribution in [2.45, 2.75) is 19.3 Å². The Labute approximate surface area is 356 Å². The Hall–Kier alpha value is -7.68. The van der Waals surface area contributed by atoms with Gasteiger partial charge in [-0.05, 0) is 109 Å². The normalized spacial score (nSPS) is 12.9. The summed E-state index contributed by atoms with van der Waals surface area (Å²) in [5, 5.41) is 7.53. The summed E-state index contributed by atoms with van der Waals surface area (Å²) >= 11 is 0. The highest BCUT2D eigenvalue weighted by Gasteiger charge is 2.37. The highest BCUT2D eigenvalue weighted by atomic mass is 15.1. The predicted molar refractivity (Wildman–Crippen MR) is 259 cm³/mol. The highest BCUT2D eigenvalue weighted by molar-refractivity contribution is 6.12. The maximum Gasteiger partial charge on any atom is 0.0561 e. The molecule has 0 saturated heterocycles. The van der Waals surface area contributed by atoms with Gasteiger partial charge in [0.2, 0.25) is 0 Å². The van der Waals surface area contributed by atoms with E-state index in [1.807, 2.05) is 0 Å². The van der Waals surface area contributed by atoms with Crippen molar-refractivity contribution in [1.29, 1.82) is 0 Å². The van der Waals surface area contributed by atoms with Crippen LogP contribution in [0.2, 0.25) is 0 Å². The molecule has 1 aliphatic rings. The summed E-state index contributed by atoms with van der Waals surface area (Å²) in [5.74, 6) is 0. The van der Waals surface area contributed by atoms with Crippen molar-refractivity contribution in [1.82, 2.24) is 4.57 Å². The number of hydrogen-bond acceptors (Lipinski definition) is 1. The van der Waals surface area contributed by atoms with Crippen molar-refractivity contribution in [2.75, 3.05) is 4.90 Å². The van der Waals surface area contributed by atoms with Gasteiger partial charge in [0.1, 0.15) is 0 Å². The van der Waals surface area contributed by atoms with E-state index in [2.05, 4.69) is 242 Å². The van der Waals surface area contributed by atoms with E-state index in [-0.39, 0.29) is 5.41 Å². The third-order valence-corrected chi connectivity index (χ3v) is 13.2. The predicted octanol–water partition coefficient (Wildman–Crippen LogP) is 16.2. The van der Waals surface area contributed by atoms with Crippen molar-refractivity contribution in [3.63, 3.8) is 0 Å². The van der Waals surface area contributed by atoms with Gasteiger partial charge in [-0.15, -0.1) is 0 Å². The number of aromatic nitrogens is 1. The highest BCUT2D eigenvalue weighted by Crippen LogP contribution is 2.54. The van der Waals surface area contributed by atoms with Crippen molar-refractivity contribution in [2.24, 2.45) is 0 Å². The van der Waals surface area contributed by atoms with Gasteiger partial charge in [0.25, 0.3) is 0 Å². The molecule has 0 spiro atoms. The van der Waals surface area contributed by atoms with Crippen LogP contribution in [-0.2, 0) is 5.41 Å². The Morgan fingerprint density at radius 2 is 1.02 bits per heavy atom. The van der Waals surface area contributed by atoms with E-state index < -0.39 is 0 Å². The van der Waals surface area contributed by atoms with Gasteiger partial charge in [0.05, 0.1) is 16.7 Å². The Kier molecular flexibility index (Phi) is 7.92. The van der Waals surface area contributed by atoms with E-state index in [4.69, 9.17) is 0 Å². The monoisotopic (exact) mass is 778 g/mol. The molecule has 0 amide bonds. The maximum absolute atomic E-state index is 2.50. The van der Waals surface area contributed by atoms with Gasteiger partial charge in [-0.2, -0.15) is 0 Å². The Morgan fingerprint density at radius 1 is 0.393 bits per heavy atom. The van der Waals surface area contributed by atoms with Gasteiger partial charge >= 0.3 is 0 Å². The molecule has 2 heteroatoms. The van der Waals surface area contributed by atoms with Crippen molar-refractivity contribution < 1.29 is 0 Å². The SMILES string of the molecule is CC1(C)c2cc(N(c3ccc4c5ccccc5n(-c5ccccc5)c4c3)c3ccccc3-c3cccc4cccc(-c5ccccc5)c34)ccc2-c2c1ccc1ccccc21. The van der Waals surface area contributed by atoms with E-state index in [1.54, 1.807) is 0 Å². The molecule has 0 N–H and O–H groups in total. The Bertz CT molecular complexity index is 3500. The average molecular weight is 779 g/mol. The largest absolute Gasteiger partial charge is 0.310 e. The number of nitrogens with zero attached hydrogens (tertiary/aromatic N) is 2. The Balaban J connectivity index is 1.14. The lowest BCUT2D eigenvalue weighted by Gasteiger charge is -2.30. The zero-order valence-electron chi connectivity index (χ0n) is 34.2. The second-order valence-electron chi connectivity index (χ2n) is 16.9. The summed E-state index contributed by atoms with van der Waals surface area (Å²) in [4.78, 5) is 2.50. The fourth-order valence-electron chi connectivity index (χ4n) is 10.3. The van der Waals surface area contributed by atoms with Gasteiger partial charge in [-0.25, -0.2) is 0 Å². The number of hydrogen-bond donors (Lipinski definition) is 0. The summed E-state index contributed by atoms with van der Waals surface area (Å²) in [6.07, 6.45) is 0. The van der Waals surface area contributed by atoms with Crippen LogP contribution in [0.4, 0.5) is 17.1 Å². The molecular weight excluding hydrogens is 737 g/mol. The smallest absolute Gasteiger partial charge is 0.0561 e. The molecule has 1 heterocycles. The maximum atomic E-state index is 2.50. The summed E-state index contributed by atoms with van der Waals surface area (Å²) in [5.41, 5.74) is 16.9. The molecule has 61 heavy (non-hydrogen) atoms. The summed E-state index contributed by atoms with van der Waals surface area (Å²) in [6.45, 7) is 4.78. The van der Waals surface area contributed by atoms with E-state index in [0.717, 1.165) is 22.7 Å². The molecule has 0 fully saturated rings. The summed E-state index contributed by atoms with van der Waals surface area (Å²) in [7, 11) is 0. The van der Waals surface area contributed by atoms with Crippen LogP contribution in [0.1, 0.15) is 25.0 Å². The summed E-state index contributed by atoms with van der Waals surface area (Å²) < 4.78 is 2.42. The molecule has 1 aliphatic carbocycles. The van der Waals surface area contributed by atoms with Crippen LogP contribution in [0.25, 0.3) is 82.4 Å². The van der Waals surface area contributed by atoms with Crippen LogP contribution in [-0.4, -0.2) is 4.57 Å². The van der Waals surface area contributed by atoms with Gasteiger partial charge in [-0.1, -0.05) is 184 Å².